The van der Waals surface area contributed by atoms with E-state index in [1.54, 1.807) is 31.2 Å². The van der Waals surface area contributed by atoms with Gasteiger partial charge in [0.15, 0.2) is 11.5 Å². The third-order valence-corrected chi connectivity index (χ3v) is 4.63. The van der Waals surface area contributed by atoms with Crippen molar-refractivity contribution < 1.29 is 18.7 Å². The quantitative estimate of drug-likeness (QED) is 0.430. The molecule has 2 aromatic heterocycles. The smallest absolute Gasteiger partial charge is 0.375 e. The van der Waals surface area contributed by atoms with E-state index in [4.69, 9.17) is 9.15 Å². The minimum atomic E-state index is -1.04. The maximum absolute atomic E-state index is 12.9. The lowest BCUT2D eigenvalue weighted by atomic mass is 10.0. The fraction of sp³-hybridized carbons (Fsp3) is 0.136. The molecule has 0 bridgehead atoms. The summed E-state index contributed by atoms with van der Waals surface area (Å²) in [4.78, 5) is 40.7. The summed E-state index contributed by atoms with van der Waals surface area (Å²) in [5, 5.41) is 1.14. The Labute approximate surface area is 159 Å². The topological polar surface area (TPSA) is 89.4 Å². The number of aryl methyl sites for hydroxylation is 1. The van der Waals surface area contributed by atoms with E-state index in [0.29, 0.717) is 16.6 Å². The van der Waals surface area contributed by atoms with Gasteiger partial charge in [-0.1, -0.05) is 30.3 Å². The molecule has 0 aliphatic carbocycles. The van der Waals surface area contributed by atoms with E-state index in [-0.39, 0.29) is 22.6 Å². The fourth-order valence-corrected chi connectivity index (χ4v) is 3.27. The molecule has 28 heavy (non-hydrogen) atoms. The molecule has 0 aliphatic heterocycles. The second-order valence-electron chi connectivity index (χ2n) is 6.55. The number of hydrogen-bond acceptors (Lipinski definition) is 5. The normalized spacial score (nSPS) is 12.2. The summed E-state index contributed by atoms with van der Waals surface area (Å²) in [6, 6.07) is 15.1. The van der Waals surface area contributed by atoms with Gasteiger partial charge in [-0.05, 0) is 32.0 Å². The molecule has 140 valence electrons. The molecule has 6 nitrogen and oxygen atoms in total. The van der Waals surface area contributed by atoms with Crippen LogP contribution in [0.25, 0.3) is 21.9 Å². The van der Waals surface area contributed by atoms with Crippen LogP contribution in [0.1, 0.15) is 33.5 Å². The van der Waals surface area contributed by atoms with Crippen molar-refractivity contribution in [1.82, 2.24) is 4.98 Å². The second-order valence-corrected chi connectivity index (χ2v) is 6.55. The van der Waals surface area contributed by atoms with E-state index in [1.165, 1.54) is 6.92 Å². The largest absolute Gasteiger partial charge is 0.449 e. The number of aromatic nitrogens is 1. The summed E-state index contributed by atoms with van der Waals surface area (Å²) in [5.74, 6) is -1.42. The van der Waals surface area contributed by atoms with Crippen LogP contribution in [0.3, 0.4) is 0 Å². The molecule has 4 rings (SSSR count). The molecule has 4 aromatic rings. The van der Waals surface area contributed by atoms with E-state index in [2.05, 4.69) is 4.98 Å². The molecule has 1 N–H and O–H groups in total. The first-order chi connectivity index (χ1) is 13.5. The van der Waals surface area contributed by atoms with E-state index >= 15 is 0 Å². The van der Waals surface area contributed by atoms with Crippen LogP contribution in [0.2, 0.25) is 0 Å². The molecule has 0 amide bonds. The molecule has 0 aliphatic rings. The van der Waals surface area contributed by atoms with Crippen LogP contribution < -0.4 is 5.43 Å². The maximum Gasteiger partial charge on any atom is 0.375 e. The molecule has 0 fully saturated rings. The van der Waals surface area contributed by atoms with Gasteiger partial charge < -0.3 is 14.1 Å². The third kappa shape index (κ3) is 2.99. The average Bonchev–Trinajstić information content (AvgIpc) is 3.02. The fourth-order valence-electron chi connectivity index (χ4n) is 3.27. The van der Waals surface area contributed by atoms with Crippen molar-refractivity contribution >= 4 is 33.6 Å². The van der Waals surface area contributed by atoms with Crippen LogP contribution in [0.5, 0.6) is 0 Å². The number of ether oxygens (including phenoxy) is 1. The Morgan fingerprint density at radius 1 is 1.04 bits per heavy atom. The number of Topliss-reactive ketones (excluding diaryl/α,β-unsaturated/α-hetero) is 1. The van der Waals surface area contributed by atoms with E-state index < -0.39 is 12.1 Å². The number of benzene rings is 2. The van der Waals surface area contributed by atoms with Gasteiger partial charge in [0.2, 0.25) is 11.5 Å². The zero-order valence-corrected chi connectivity index (χ0v) is 15.3. The molecule has 0 radical (unpaired) electrons. The van der Waals surface area contributed by atoms with Gasteiger partial charge in [0, 0.05) is 28.2 Å². The lowest BCUT2D eigenvalue weighted by Crippen LogP contribution is -2.25. The number of hydrogen-bond donors (Lipinski definition) is 1. The highest BCUT2D eigenvalue weighted by atomic mass is 16.6. The second kappa shape index (κ2) is 6.81. The standard InChI is InChI=1S/C22H17NO5/c1-12-20(14-7-3-5-9-16(14)23-12)21(25)13(2)27-22(26)19-11-17(24)15-8-4-6-10-18(15)28-19/h3-11,13,23H,1-2H3/t13-/m0/s1. The molecule has 0 saturated heterocycles. The van der Waals surface area contributed by atoms with E-state index in [0.717, 1.165) is 17.0 Å². The lowest BCUT2D eigenvalue weighted by molar-refractivity contribution is 0.0290. The third-order valence-electron chi connectivity index (χ3n) is 4.63. The van der Waals surface area contributed by atoms with Gasteiger partial charge >= 0.3 is 5.97 Å². The minimum Gasteiger partial charge on any atom is -0.449 e. The number of para-hydroxylation sites is 2. The molecule has 2 aromatic carbocycles. The van der Waals surface area contributed by atoms with Crippen molar-refractivity contribution in [2.45, 2.75) is 20.0 Å². The zero-order valence-electron chi connectivity index (χ0n) is 15.3. The number of fused-ring (bicyclic) bond motifs is 2. The molecule has 2 heterocycles. The lowest BCUT2D eigenvalue weighted by Gasteiger charge is -2.12. The monoisotopic (exact) mass is 375 g/mol. The summed E-state index contributed by atoms with van der Waals surface area (Å²) in [6.45, 7) is 3.30. The van der Waals surface area contributed by atoms with Gasteiger partial charge in [-0.2, -0.15) is 0 Å². The molecule has 1 atom stereocenters. The van der Waals surface area contributed by atoms with Crippen LogP contribution in [-0.2, 0) is 4.74 Å². The summed E-state index contributed by atoms with van der Waals surface area (Å²) in [5.41, 5.74) is 1.96. The Hall–Kier alpha value is -3.67. The number of H-pyrrole nitrogens is 1. The number of nitrogens with one attached hydrogen (secondary N) is 1. The molecule has 6 heteroatoms. The predicted octanol–water partition coefficient (Wildman–Crippen LogP) is 4.01. The van der Waals surface area contributed by atoms with E-state index in [1.807, 2.05) is 24.3 Å². The van der Waals surface area contributed by atoms with Crippen LogP contribution >= 0.6 is 0 Å². The van der Waals surface area contributed by atoms with Crippen LogP contribution in [0, 0.1) is 6.92 Å². The number of aromatic amines is 1. The molecule has 0 unspecified atom stereocenters. The zero-order chi connectivity index (χ0) is 19.8. The van der Waals surface area contributed by atoms with Crippen LogP contribution in [-0.4, -0.2) is 22.8 Å². The number of esters is 1. The van der Waals surface area contributed by atoms with Crippen LogP contribution in [0.4, 0.5) is 0 Å². The average molecular weight is 375 g/mol. The highest BCUT2D eigenvalue weighted by Gasteiger charge is 2.26. The molecular weight excluding hydrogens is 358 g/mol. The van der Waals surface area contributed by atoms with Gasteiger partial charge in [0.05, 0.1) is 5.39 Å². The van der Waals surface area contributed by atoms with Gasteiger partial charge in [-0.25, -0.2) is 4.79 Å². The molecular formula is C22H17NO5. The molecule has 0 saturated carbocycles. The summed E-state index contributed by atoms with van der Waals surface area (Å²) < 4.78 is 10.8. The van der Waals surface area contributed by atoms with Gasteiger partial charge in [0.1, 0.15) is 5.58 Å². The van der Waals surface area contributed by atoms with Crippen molar-refractivity contribution in [2.75, 3.05) is 0 Å². The highest BCUT2D eigenvalue weighted by molar-refractivity contribution is 6.11. The number of ketones is 1. The van der Waals surface area contributed by atoms with Crippen molar-refractivity contribution in [3.05, 3.63) is 81.8 Å². The first kappa shape index (κ1) is 17.7. The number of rotatable bonds is 4. The Kier molecular flexibility index (Phi) is 4.31. The number of carbonyl (C=O) groups excluding carboxylic acids is 2. The SMILES string of the molecule is Cc1[nH]c2ccccc2c1C(=O)[C@H](C)OC(=O)c1cc(=O)c2ccccc2o1. The highest BCUT2D eigenvalue weighted by Crippen LogP contribution is 2.24. The predicted molar refractivity (Wildman–Crippen MR) is 105 cm³/mol. The van der Waals surface area contributed by atoms with Crippen molar-refractivity contribution in [3.63, 3.8) is 0 Å². The first-order valence-corrected chi connectivity index (χ1v) is 8.81. The van der Waals surface area contributed by atoms with Gasteiger partial charge in [0.25, 0.3) is 0 Å². The van der Waals surface area contributed by atoms with Crippen molar-refractivity contribution in [1.29, 1.82) is 0 Å². The maximum atomic E-state index is 12.9. The number of carbonyl (C=O) groups is 2. The minimum absolute atomic E-state index is 0.237. The van der Waals surface area contributed by atoms with E-state index in [9.17, 15) is 14.4 Å². The van der Waals surface area contributed by atoms with Crippen LogP contribution in [0.15, 0.2) is 63.8 Å². The van der Waals surface area contributed by atoms with Gasteiger partial charge in [-0.15, -0.1) is 0 Å². The first-order valence-electron chi connectivity index (χ1n) is 8.81. The van der Waals surface area contributed by atoms with Crippen molar-refractivity contribution in [3.8, 4) is 0 Å². The Morgan fingerprint density at radius 2 is 1.71 bits per heavy atom. The summed E-state index contributed by atoms with van der Waals surface area (Å²) in [7, 11) is 0. The Morgan fingerprint density at radius 3 is 2.50 bits per heavy atom. The Balaban J connectivity index is 1.62. The summed E-state index contributed by atoms with van der Waals surface area (Å²) in [6.07, 6.45) is -1.04. The molecule has 0 spiro atoms. The van der Waals surface area contributed by atoms with Crippen molar-refractivity contribution in [2.24, 2.45) is 0 Å². The summed E-state index contributed by atoms with van der Waals surface area (Å²) >= 11 is 0. The van der Waals surface area contributed by atoms with Gasteiger partial charge in [-0.3, -0.25) is 9.59 Å². The Bertz CT molecular complexity index is 1280.